The Kier molecular flexibility index (Phi) is 4.86. The number of carbonyl (C=O) groups excluding carboxylic acids is 1. The van der Waals surface area contributed by atoms with Gasteiger partial charge in [0.25, 0.3) is 5.91 Å². The lowest BCUT2D eigenvalue weighted by Gasteiger charge is -2.09. The molecule has 1 unspecified atom stereocenters. The Balaban J connectivity index is 1.99. The Morgan fingerprint density at radius 3 is 3.00 bits per heavy atom. The number of carbonyl (C=O) groups is 1. The predicted molar refractivity (Wildman–Crippen MR) is 78.0 cm³/mol. The lowest BCUT2D eigenvalue weighted by atomic mass is 10.2. The number of anilines is 1. The van der Waals surface area contributed by atoms with Gasteiger partial charge in [0.05, 0.1) is 11.4 Å². The molecule has 1 atom stereocenters. The molecule has 2 heterocycles. The van der Waals surface area contributed by atoms with Gasteiger partial charge < -0.3 is 9.73 Å². The van der Waals surface area contributed by atoms with Crippen molar-refractivity contribution in [3.63, 3.8) is 0 Å². The van der Waals surface area contributed by atoms with Gasteiger partial charge in [0.15, 0.2) is 11.5 Å². The first kappa shape index (κ1) is 14.7. The quantitative estimate of drug-likeness (QED) is 0.856. The van der Waals surface area contributed by atoms with Gasteiger partial charge in [-0.15, -0.1) is 11.3 Å². The van der Waals surface area contributed by atoms with Gasteiger partial charge in [0.2, 0.25) is 5.76 Å². The lowest BCUT2D eigenvalue weighted by molar-refractivity contribution is 0.0996. The van der Waals surface area contributed by atoms with Crippen LogP contribution in [0.2, 0.25) is 0 Å². The molecular weight excluding hydrogens is 276 g/mol. The fourth-order valence-electron chi connectivity index (χ4n) is 1.68. The molecule has 0 aliphatic carbocycles. The van der Waals surface area contributed by atoms with Crippen LogP contribution in [0.15, 0.2) is 16.2 Å². The molecule has 2 N–H and O–H groups in total. The Labute approximate surface area is 121 Å². The second-order valence-corrected chi connectivity index (χ2v) is 5.33. The van der Waals surface area contributed by atoms with Crippen molar-refractivity contribution in [3.8, 4) is 0 Å². The van der Waals surface area contributed by atoms with Gasteiger partial charge in [-0.2, -0.15) is 0 Å². The van der Waals surface area contributed by atoms with Crippen molar-refractivity contribution in [2.45, 2.75) is 33.2 Å². The number of nitrogens with one attached hydrogen (secondary N) is 2. The van der Waals surface area contributed by atoms with E-state index in [1.807, 2.05) is 5.38 Å². The normalized spacial score (nSPS) is 12.3. The van der Waals surface area contributed by atoms with Crippen LogP contribution in [-0.4, -0.2) is 22.4 Å². The van der Waals surface area contributed by atoms with Crippen molar-refractivity contribution in [1.29, 1.82) is 0 Å². The molecule has 1 amide bonds. The molecule has 0 bridgehead atoms. The molecule has 0 aliphatic heterocycles. The minimum Gasteiger partial charge on any atom is -0.438 e. The van der Waals surface area contributed by atoms with Crippen LogP contribution in [0.3, 0.4) is 0 Å². The van der Waals surface area contributed by atoms with Gasteiger partial charge in [-0.05, 0) is 26.8 Å². The van der Waals surface area contributed by atoms with Gasteiger partial charge in [0, 0.05) is 11.4 Å². The number of rotatable bonds is 6. The molecule has 2 aromatic heterocycles. The van der Waals surface area contributed by atoms with Crippen LogP contribution in [0.1, 0.15) is 48.3 Å². The van der Waals surface area contributed by atoms with Gasteiger partial charge in [-0.3, -0.25) is 10.1 Å². The number of amides is 1. The Morgan fingerprint density at radius 2 is 2.35 bits per heavy atom. The van der Waals surface area contributed by atoms with Gasteiger partial charge in [-0.25, -0.2) is 9.97 Å². The molecule has 2 aromatic rings. The topological polar surface area (TPSA) is 80.0 Å². The largest absolute Gasteiger partial charge is 0.438 e. The molecule has 0 radical (unpaired) electrons. The fourth-order valence-corrected chi connectivity index (χ4v) is 2.48. The van der Waals surface area contributed by atoms with Crippen molar-refractivity contribution in [1.82, 2.24) is 15.3 Å². The molecule has 0 aliphatic rings. The maximum Gasteiger partial charge on any atom is 0.295 e. The van der Waals surface area contributed by atoms with E-state index in [1.54, 1.807) is 6.92 Å². The first-order valence-electron chi connectivity index (χ1n) is 6.52. The molecule has 108 valence electrons. The smallest absolute Gasteiger partial charge is 0.295 e. The maximum absolute atomic E-state index is 12.0. The zero-order chi connectivity index (χ0) is 14.5. The summed E-state index contributed by atoms with van der Waals surface area (Å²) in [4.78, 5) is 20.2. The van der Waals surface area contributed by atoms with Gasteiger partial charge in [0.1, 0.15) is 0 Å². The second-order valence-electron chi connectivity index (χ2n) is 4.47. The first-order valence-corrected chi connectivity index (χ1v) is 7.40. The highest BCUT2D eigenvalue weighted by Crippen LogP contribution is 2.21. The monoisotopic (exact) mass is 294 g/mol. The maximum atomic E-state index is 12.0. The van der Waals surface area contributed by atoms with Crippen LogP contribution in [0.5, 0.6) is 0 Å². The van der Waals surface area contributed by atoms with Crippen molar-refractivity contribution >= 4 is 22.4 Å². The summed E-state index contributed by atoms with van der Waals surface area (Å²) in [5.41, 5.74) is 1.49. The molecule has 20 heavy (non-hydrogen) atoms. The van der Waals surface area contributed by atoms with E-state index in [0.717, 1.165) is 18.7 Å². The Morgan fingerprint density at radius 1 is 1.55 bits per heavy atom. The third-order valence-electron chi connectivity index (χ3n) is 2.84. The second kappa shape index (κ2) is 6.62. The summed E-state index contributed by atoms with van der Waals surface area (Å²) in [5.74, 6) is -0.103. The summed E-state index contributed by atoms with van der Waals surface area (Å²) >= 11 is 1.40. The third-order valence-corrected chi connectivity index (χ3v) is 3.61. The average Bonchev–Trinajstić information content (AvgIpc) is 3.05. The van der Waals surface area contributed by atoms with Crippen molar-refractivity contribution < 1.29 is 9.21 Å². The number of thiazole rings is 1. The molecule has 6 nitrogen and oxygen atoms in total. The molecule has 7 heteroatoms. The summed E-state index contributed by atoms with van der Waals surface area (Å²) in [5, 5.41) is 8.58. The molecule has 0 spiro atoms. The van der Waals surface area contributed by atoms with E-state index in [1.165, 1.54) is 17.7 Å². The van der Waals surface area contributed by atoms with E-state index in [9.17, 15) is 4.79 Å². The zero-order valence-corrected chi connectivity index (χ0v) is 12.6. The van der Waals surface area contributed by atoms with E-state index in [4.69, 9.17) is 4.42 Å². The third kappa shape index (κ3) is 3.43. The Hall–Kier alpha value is -1.73. The molecule has 0 saturated heterocycles. The van der Waals surface area contributed by atoms with Gasteiger partial charge >= 0.3 is 0 Å². The Bertz CT molecular complexity index is 578. The summed E-state index contributed by atoms with van der Waals surface area (Å²) in [7, 11) is 0. The first-order chi connectivity index (χ1) is 9.61. The van der Waals surface area contributed by atoms with Crippen LogP contribution < -0.4 is 10.6 Å². The number of oxazole rings is 1. The summed E-state index contributed by atoms with van der Waals surface area (Å²) in [6, 6.07) is 0.170. The zero-order valence-electron chi connectivity index (χ0n) is 11.8. The van der Waals surface area contributed by atoms with Crippen molar-refractivity contribution in [2.75, 3.05) is 11.9 Å². The molecular formula is C13H18N4O2S. The highest BCUT2D eigenvalue weighted by Gasteiger charge is 2.16. The SMILES string of the molecule is CCCNC(C)c1csc(NC(=O)c2ocnc2C)n1. The van der Waals surface area contributed by atoms with Crippen molar-refractivity contribution in [2.24, 2.45) is 0 Å². The standard InChI is InChI=1S/C13H18N4O2S/c1-4-5-14-8(2)10-6-20-13(16-10)17-12(18)11-9(3)15-7-19-11/h6-8,14H,4-5H2,1-3H3,(H,16,17,18). The van der Waals surface area contributed by atoms with Crippen LogP contribution >= 0.6 is 11.3 Å². The molecule has 0 aromatic carbocycles. The van der Waals surface area contributed by atoms with E-state index >= 15 is 0 Å². The predicted octanol–water partition coefficient (Wildman–Crippen LogP) is 2.75. The van der Waals surface area contributed by atoms with Crippen LogP contribution in [0, 0.1) is 6.92 Å². The highest BCUT2D eigenvalue weighted by atomic mass is 32.1. The summed E-state index contributed by atoms with van der Waals surface area (Å²) < 4.78 is 5.05. The number of hydrogen-bond acceptors (Lipinski definition) is 6. The van der Waals surface area contributed by atoms with Gasteiger partial charge in [-0.1, -0.05) is 6.92 Å². The molecule has 2 rings (SSSR count). The highest BCUT2D eigenvalue weighted by molar-refractivity contribution is 7.14. The number of aromatic nitrogens is 2. The summed E-state index contributed by atoms with van der Waals surface area (Å²) in [6.07, 6.45) is 2.33. The van der Waals surface area contributed by atoms with E-state index < -0.39 is 0 Å². The van der Waals surface area contributed by atoms with Crippen LogP contribution in [0.4, 0.5) is 5.13 Å². The number of aryl methyl sites for hydroxylation is 1. The van der Waals surface area contributed by atoms with E-state index in [-0.39, 0.29) is 17.7 Å². The number of nitrogens with zero attached hydrogens (tertiary/aromatic N) is 2. The average molecular weight is 294 g/mol. The van der Waals surface area contributed by atoms with E-state index in [2.05, 4.69) is 34.4 Å². The van der Waals surface area contributed by atoms with Crippen LogP contribution in [0.25, 0.3) is 0 Å². The fraction of sp³-hybridized carbons (Fsp3) is 0.462. The molecule has 0 saturated carbocycles. The van der Waals surface area contributed by atoms with Crippen LogP contribution in [-0.2, 0) is 0 Å². The summed E-state index contributed by atoms with van der Waals surface area (Å²) in [6.45, 7) is 6.84. The lowest BCUT2D eigenvalue weighted by Crippen LogP contribution is -2.19. The minimum atomic E-state index is -0.324. The number of hydrogen-bond donors (Lipinski definition) is 2. The minimum absolute atomic E-state index is 0.170. The van der Waals surface area contributed by atoms with Crippen molar-refractivity contribution in [3.05, 3.63) is 28.9 Å². The molecule has 0 fully saturated rings. The van der Waals surface area contributed by atoms with E-state index in [0.29, 0.717) is 10.8 Å².